The number of amides is 1. The first kappa shape index (κ1) is 14.8. The van der Waals surface area contributed by atoms with Crippen LogP contribution in [0.15, 0.2) is 18.2 Å². The summed E-state index contributed by atoms with van der Waals surface area (Å²) in [5.74, 6) is 0.464. The van der Waals surface area contributed by atoms with Gasteiger partial charge < -0.3 is 4.74 Å². The Hall–Kier alpha value is -1.63. The van der Waals surface area contributed by atoms with Crippen molar-refractivity contribution in [1.29, 1.82) is 0 Å². The Labute approximate surface area is 118 Å². The minimum atomic E-state index is -0.431. The highest BCUT2D eigenvalue weighted by Gasteiger charge is 2.30. The van der Waals surface area contributed by atoms with Gasteiger partial charge in [-0.05, 0) is 37.0 Å². The zero-order valence-corrected chi connectivity index (χ0v) is 11.8. The molecule has 1 fully saturated rings. The molecule has 0 aliphatic carbocycles. The van der Waals surface area contributed by atoms with Crippen LogP contribution in [-0.2, 0) is 4.79 Å². The van der Waals surface area contributed by atoms with Crippen LogP contribution in [0.5, 0.6) is 5.75 Å². The third-order valence-electron chi connectivity index (χ3n) is 3.39. The Balaban J connectivity index is 2.03. The summed E-state index contributed by atoms with van der Waals surface area (Å²) in [5, 5.41) is 8.63. The van der Waals surface area contributed by atoms with E-state index >= 15 is 0 Å². The number of carbonyl (C=O) groups excluding carboxylic acids is 1. The molecule has 0 spiro atoms. The predicted molar refractivity (Wildman–Crippen MR) is 74.3 cm³/mol. The second kappa shape index (κ2) is 6.69. The average molecular weight is 279 g/mol. The minimum Gasteiger partial charge on any atom is -0.493 e. The monoisotopic (exact) mass is 279 g/mol. The van der Waals surface area contributed by atoms with E-state index in [1.807, 2.05) is 19.1 Å². The molecule has 0 saturated carbocycles. The van der Waals surface area contributed by atoms with E-state index in [-0.39, 0.29) is 6.04 Å². The van der Waals surface area contributed by atoms with Crippen LogP contribution >= 0.6 is 0 Å². The maximum Gasteiger partial charge on any atom is 0.261 e. The molecule has 0 aromatic heterocycles. The van der Waals surface area contributed by atoms with Gasteiger partial charge in [0.05, 0.1) is 6.61 Å². The van der Waals surface area contributed by atoms with Gasteiger partial charge in [0.1, 0.15) is 11.8 Å². The largest absolute Gasteiger partial charge is 0.493 e. The smallest absolute Gasteiger partial charge is 0.261 e. The second-order valence-corrected chi connectivity index (χ2v) is 4.98. The van der Waals surface area contributed by atoms with Crippen LogP contribution in [0, 0.1) is 6.92 Å². The Morgan fingerprint density at radius 1 is 1.50 bits per heavy atom. The Morgan fingerprint density at radius 3 is 2.95 bits per heavy atom. The molecule has 1 saturated heterocycles. The molecule has 110 valence electrons. The molecule has 1 aromatic rings. The highest BCUT2D eigenvalue weighted by Crippen LogP contribution is 2.27. The first-order valence-corrected chi connectivity index (χ1v) is 6.84. The van der Waals surface area contributed by atoms with Crippen molar-refractivity contribution in [3.05, 3.63) is 29.3 Å². The van der Waals surface area contributed by atoms with E-state index in [2.05, 4.69) is 23.8 Å². The molecule has 1 amide bonds. The molecule has 0 radical (unpaired) electrons. The number of hydrogen-bond acceptors (Lipinski definition) is 5. The number of ether oxygens (including phenoxy) is 1. The topological polar surface area (TPSA) is 82.6 Å². The van der Waals surface area contributed by atoms with Gasteiger partial charge in [-0.15, -0.1) is 0 Å². The maximum atomic E-state index is 11.3. The van der Waals surface area contributed by atoms with Crippen molar-refractivity contribution in [3.8, 4) is 5.75 Å². The molecule has 2 unspecified atom stereocenters. The number of hydrazine groups is 1. The van der Waals surface area contributed by atoms with Gasteiger partial charge in [-0.1, -0.05) is 19.1 Å². The predicted octanol–water partition coefficient (Wildman–Crippen LogP) is 1.20. The molecule has 1 aromatic carbocycles. The molecule has 1 heterocycles. The number of rotatable bonds is 5. The summed E-state index contributed by atoms with van der Waals surface area (Å²) in [6.07, 6.45) is 1.56. The molecule has 6 heteroatoms. The van der Waals surface area contributed by atoms with Crippen LogP contribution in [0.4, 0.5) is 0 Å². The standard InChI is InChI=1S/C14H21N3O3/c1-3-6-20-13-5-4-10(7-9(13)2)11-8-12(16-15-11)14(18)17-19/h4-5,7,11-12,15-16,19H,3,6,8H2,1-2H3,(H,17,18). The molecule has 0 bridgehead atoms. The van der Waals surface area contributed by atoms with Gasteiger partial charge in [0, 0.05) is 6.04 Å². The van der Waals surface area contributed by atoms with Gasteiger partial charge in [0.25, 0.3) is 5.91 Å². The Bertz CT molecular complexity index is 479. The summed E-state index contributed by atoms with van der Waals surface area (Å²) in [5.41, 5.74) is 9.76. The van der Waals surface area contributed by atoms with Crippen molar-refractivity contribution >= 4 is 5.91 Å². The number of hydrogen-bond donors (Lipinski definition) is 4. The highest BCUT2D eigenvalue weighted by molar-refractivity contribution is 5.80. The lowest BCUT2D eigenvalue weighted by atomic mass is 10.00. The number of hydroxylamine groups is 1. The Morgan fingerprint density at radius 2 is 2.30 bits per heavy atom. The molecular weight excluding hydrogens is 258 g/mol. The average Bonchev–Trinajstić information content (AvgIpc) is 2.95. The lowest BCUT2D eigenvalue weighted by Gasteiger charge is -2.13. The van der Waals surface area contributed by atoms with Gasteiger partial charge in [0.2, 0.25) is 0 Å². The zero-order valence-electron chi connectivity index (χ0n) is 11.8. The quantitative estimate of drug-likeness (QED) is 0.481. The molecular formula is C14H21N3O3. The van der Waals surface area contributed by atoms with Gasteiger partial charge in [-0.25, -0.2) is 16.3 Å². The summed E-state index contributed by atoms with van der Waals surface area (Å²) in [6.45, 7) is 4.79. The summed E-state index contributed by atoms with van der Waals surface area (Å²) < 4.78 is 5.65. The van der Waals surface area contributed by atoms with Gasteiger partial charge in [-0.3, -0.25) is 10.0 Å². The maximum absolute atomic E-state index is 11.3. The van der Waals surface area contributed by atoms with E-state index in [9.17, 15) is 4.79 Å². The SMILES string of the molecule is CCCOc1ccc(C2CC(C(=O)NO)NN2)cc1C. The van der Waals surface area contributed by atoms with E-state index in [4.69, 9.17) is 9.94 Å². The van der Waals surface area contributed by atoms with Gasteiger partial charge >= 0.3 is 0 Å². The molecule has 6 nitrogen and oxygen atoms in total. The fourth-order valence-electron chi connectivity index (χ4n) is 2.29. The number of carbonyl (C=O) groups is 1. The fraction of sp³-hybridized carbons (Fsp3) is 0.500. The summed E-state index contributed by atoms with van der Waals surface area (Å²) in [7, 11) is 0. The van der Waals surface area contributed by atoms with E-state index < -0.39 is 11.9 Å². The van der Waals surface area contributed by atoms with E-state index in [0.29, 0.717) is 13.0 Å². The van der Waals surface area contributed by atoms with Crippen LogP contribution in [0.1, 0.15) is 36.9 Å². The number of aryl methyl sites for hydroxylation is 1. The molecule has 1 aliphatic rings. The van der Waals surface area contributed by atoms with Crippen LogP contribution in [0.25, 0.3) is 0 Å². The van der Waals surface area contributed by atoms with E-state index in [0.717, 1.165) is 23.3 Å². The fourth-order valence-corrected chi connectivity index (χ4v) is 2.29. The first-order chi connectivity index (χ1) is 9.65. The van der Waals surface area contributed by atoms with E-state index in [1.165, 1.54) is 0 Å². The first-order valence-electron chi connectivity index (χ1n) is 6.84. The number of benzene rings is 1. The van der Waals surface area contributed by atoms with Crippen molar-refractivity contribution in [1.82, 2.24) is 16.3 Å². The van der Waals surface area contributed by atoms with Crippen molar-refractivity contribution in [2.75, 3.05) is 6.61 Å². The van der Waals surface area contributed by atoms with Crippen molar-refractivity contribution in [2.45, 2.75) is 38.8 Å². The second-order valence-electron chi connectivity index (χ2n) is 4.98. The summed E-state index contributed by atoms with van der Waals surface area (Å²) in [6, 6.07) is 5.62. The molecule has 1 aliphatic heterocycles. The molecule has 2 atom stereocenters. The van der Waals surface area contributed by atoms with Crippen molar-refractivity contribution in [2.24, 2.45) is 0 Å². The van der Waals surface area contributed by atoms with Crippen molar-refractivity contribution < 1.29 is 14.7 Å². The normalized spacial score (nSPS) is 21.8. The van der Waals surface area contributed by atoms with E-state index in [1.54, 1.807) is 5.48 Å². The van der Waals surface area contributed by atoms with Crippen LogP contribution in [-0.4, -0.2) is 23.8 Å². The number of nitrogens with one attached hydrogen (secondary N) is 3. The van der Waals surface area contributed by atoms with Crippen LogP contribution < -0.4 is 21.1 Å². The van der Waals surface area contributed by atoms with Gasteiger partial charge in [-0.2, -0.15) is 0 Å². The third kappa shape index (κ3) is 3.27. The summed E-state index contributed by atoms with van der Waals surface area (Å²) >= 11 is 0. The lowest BCUT2D eigenvalue weighted by Crippen LogP contribution is -2.41. The van der Waals surface area contributed by atoms with Crippen LogP contribution in [0.3, 0.4) is 0 Å². The lowest BCUT2D eigenvalue weighted by molar-refractivity contribution is -0.131. The van der Waals surface area contributed by atoms with Gasteiger partial charge in [0.15, 0.2) is 0 Å². The molecule has 4 N–H and O–H groups in total. The Kier molecular flexibility index (Phi) is 4.94. The van der Waals surface area contributed by atoms with Crippen LogP contribution in [0.2, 0.25) is 0 Å². The highest BCUT2D eigenvalue weighted by atomic mass is 16.5. The summed E-state index contributed by atoms with van der Waals surface area (Å²) in [4.78, 5) is 11.3. The zero-order chi connectivity index (χ0) is 14.5. The molecule has 2 rings (SSSR count). The minimum absolute atomic E-state index is 0.0382. The molecule has 20 heavy (non-hydrogen) atoms. The van der Waals surface area contributed by atoms with Crippen molar-refractivity contribution in [3.63, 3.8) is 0 Å². The third-order valence-corrected chi connectivity index (χ3v) is 3.39.